The van der Waals surface area contributed by atoms with Crippen LogP contribution in [0.5, 0.6) is 5.75 Å². The van der Waals surface area contributed by atoms with E-state index in [1.54, 1.807) is 7.11 Å². The summed E-state index contributed by atoms with van der Waals surface area (Å²) < 4.78 is 5.66. The summed E-state index contributed by atoms with van der Waals surface area (Å²) in [6, 6.07) is 29.6. The van der Waals surface area contributed by atoms with Gasteiger partial charge in [0.2, 0.25) is 0 Å². The molecule has 3 aliphatic rings. The number of aryl methyl sites for hydroxylation is 1. The maximum absolute atomic E-state index is 5.66. The molecule has 0 aromatic heterocycles. The van der Waals surface area contributed by atoms with Gasteiger partial charge in [0.1, 0.15) is 5.75 Å². The molecule has 3 heterocycles. The molecule has 3 nitrogen and oxygen atoms in total. The second-order valence-corrected chi connectivity index (χ2v) is 9.39. The molecule has 3 heteroatoms. The van der Waals surface area contributed by atoms with Crippen molar-refractivity contribution >= 4 is 0 Å². The first kappa shape index (κ1) is 21.2. The number of hydrogen-bond donors (Lipinski definition) is 1. The molecule has 0 amide bonds. The van der Waals surface area contributed by atoms with E-state index in [-0.39, 0.29) is 0 Å². The Morgan fingerprint density at radius 3 is 2.12 bits per heavy atom. The monoisotopic (exact) mass is 426 g/mol. The number of fused-ring (bicyclic) bond motifs is 3. The summed E-state index contributed by atoms with van der Waals surface area (Å²) in [4.78, 5) is 2.75. The summed E-state index contributed by atoms with van der Waals surface area (Å²) in [5.74, 6) is 2.05. The minimum atomic E-state index is 0.359. The number of benzene rings is 3. The molecule has 6 rings (SSSR count). The average Bonchev–Trinajstić information content (AvgIpc) is 2.85. The van der Waals surface area contributed by atoms with Crippen LogP contribution in [0.2, 0.25) is 0 Å². The van der Waals surface area contributed by atoms with Crippen LogP contribution in [0.4, 0.5) is 0 Å². The summed E-state index contributed by atoms with van der Waals surface area (Å²) in [5.41, 5.74) is 5.35. The van der Waals surface area contributed by atoms with Crippen molar-refractivity contribution in [3.63, 3.8) is 0 Å². The fourth-order valence-electron chi connectivity index (χ4n) is 5.97. The van der Waals surface area contributed by atoms with E-state index in [1.165, 1.54) is 48.2 Å². The van der Waals surface area contributed by atoms with Gasteiger partial charge < -0.3 is 10.1 Å². The summed E-state index contributed by atoms with van der Waals surface area (Å²) >= 11 is 0. The smallest absolute Gasteiger partial charge is 0.123 e. The van der Waals surface area contributed by atoms with Gasteiger partial charge >= 0.3 is 0 Å². The van der Waals surface area contributed by atoms with Crippen LogP contribution in [-0.4, -0.2) is 37.2 Å². The van der Waals surface area contributed by atoms with Crippen LogP contribution in [0, 0.1) is 12.8 Å². The van der Waals surface area contributed by atoms with Gasteiger partial charge in [-0.05, 0) is 56.0 Å². The van der Waals surface area contributed by atoms with Crippen LogP contribution in [0.3, 0.4) is 0 Å². The van der Waals surface area contributed by atoms with Crippen LogP contribution in [0.1, 0.15) is 41.0 Å². The zero-order chi connectivity index (χ0) is 21.9. The Morgan fingerprint density at radius 2 is 1.53 bits per heavy atom. The van der Waals surface area contributed by atoms with E-state index in [9.17, 15) is 0 Å². The molecule has 3 aliphatic heterocycles. The second kappa shape index (κ2) is 9.48. The van der Waals surface area contributed by atoms with Gasteiger partial charge in [-0.2, -0.15) is 0 Å². The van der Waals surface area contributed by atoms with E-state index in [0.717, 1.165) is 18.2 Å². The maximum atomic E-state index is 5.66. The number of nitrogens with one attached hydrogen (secondary N) is 1. The lowest BCUT2D eigenvalue weighted by molar-refractivity contribution is 0.00462. The first-order valence-corrected chi connectivity index (χ1v) is 12.0. The second-order valence-electron chi connectivity index (χ2n) is 9.39. The highest BCUT2D eigenvalue weighted by molar-refractivity contribution is 5.38. The van der Waals surface area contributed by atoms with E-state index in [2.05, 4.69) is 96.0 Å². The van der Waals surface area contributed by atoms with Gasteiger partial charge in [-0.25, -0.2) is 0 Å². The van der Waals surface area contributed by atoms with Crippen molar-refractivity contribution in [1.29, 1.82) is 0 Å². The molecule has 1 N–H and O–H groups in total. The van der Waals surface area contributed by atoms with E-state index in [4.69, 9.17) is 4.74 Å². The van der Waals surface area contributed by atoms with Gasteiger partial charge in [0, 0.05) is 30.1 Å². The molecule has 0 saturated carbocycles. The van der Waals surface area contributed by atoms with Gasteiger partial charge in [0.25, 0.3) is 0 Å². The molecule has 2 bridgehead atoms. The van der Waals surface area contributed by atoms with Crippen molar-refractivity contribution in [2.45, 2.75) is 44.3 Å². The fraction of sp³-hybridized carbons (Fsp3) is 0.379. The molecular formula is C29H34N2O. The Hall–Kier alpha value is -2.62. The number of ether oxygens (including phenoxy) is 1. The highest BCUT2D eigenvalue weighted by atomic mass is 16.5. The molecular weight excluding hydrogens is 392 g/mol. The third kappa shape index (κ3) is 4.20. The minimum Gasteiger partial charge on any atom is -0.496 e. The lowest BCUT2D eigenvalue weighted by atomic mass is 9.70. The Morgan fingerprint density at radius 1 is 0.906 bits per heavy atom. The molecule has 3 aromatic carbocycles. The molecule has 2 unspecified atom stereocenters. The quantitative estimate of drug-likeness (QED) is 0.548. The van der Waals surface area contributed by atoms with Crippen molar-refractivity contribution < 1.29 is 4.74 Å². The van der Waals surface area contributed by atoms with Crippen molar-refractivity contribution in [2.75, 3.05) is 20.2 Å². The van der Waals surface area contributed by atoms with E-state index in [1.807, 2.05) is 0 Å². The first-order chi connectivity index (χ1) is 15.7. The van der Waals surface area contributed by atoms with E-state index < -0.39 is 0 Å². The summed E-state index contributed by atoms with van der Waals surface area (Å²) in [6.45, 7) is 5.41. The van der Waals surface area contributed by atoms with Crippen LogP contribution in [0.15, 0.2) is 78.9 Å². The van der Waals surface area contributed by atoms with Crippen molar-refractivity contribution in [3.8, 4) is 5.75 Å². The van der Waals surface area contributed by atoms with Gasteiger partial charge in [0.05, 0.1) is 7.11 Å². The number of hydrogen-bond acceptors (Lipinski definition) is 3. The molecule has 0 aliphatic carbocycles. The van der Waals surface area contributed by atoms with Crippen LogP contribution in [0.25, 0.3) is 0 Å². The zero-order valence-corrected chi connectivity index (χ0v) is 19.2. The number of piperidine rings is 3. The van der Waals surface area contributed by atoms with Crippen molar-refractivity contribution in [1.82, 2.24) is 10.2 Å². The Bertz CT molecular complexity index is 972. The molecule has 0 spiro atoms. The zero-order valence-electron chi connectivity index (χ0n) is 19.2. The standard InChI is InChI=1S/C29H34N2O/c1-21-13-14-26(32-2)25(19-21)20-30-28-24-15-17-31(18-16-24)29(28)27(22-9-5-3-6-10-22)23-11-7-4-8-12-23/h3-14,19,24,27-30H,15-18,20H2,1-2H3. The number of nitrogens with zero attached hydrogens (tertiary/aromatic N) is 1. The molecule has 2 atom stereocenters. The van der Waals surface area contributed by atoms with Crippen molar-refractivity contribution in [3.05, 3.63) is 101 Å². The Balaban J connectivity index is 1.49. The SMILES string of the molecule is COc1ccc(C)cc1CNC1C2CCN(CC2)C1C(c1ccccc1)c1ccccc1. The lowest BCUT2D eigenvalue weighted by Gasteiger charge is -2.54. The average molecular weight is 427 g/mol. The largest absolute Gasteiger partial charge is 0.496 e. The molecule has 32 heavy (non-hydrogen) atoms. The van der Waals surface area contributed by atoms with E-state index in [0.29, 0.717) is 18.0 Å². The molecule has 166 valence electrons. The summed E-state index contributed by atoms with van der Waals surface area (Å²) in [5, 5.41) is 4.02. The van der Waals surface area contributed by atoms with Crippen LogP contribution < -0.4 is 10.1 Å². The molecule has 3 aromatic rings. The third-order valence-electron chi connectivity index (χ3n) is 7.49. The predicted octanol–water partition coefficient (Wildman–Crippen LogP) is 5.39. The number of methoxy groups -OCH3 is 1. The first-order valence-electron chi connectivity index (χ1n) is 12.0. The molecule has 0 radical (unpaired) electrons. The van der Waals surface area contributed by atoms with Gasteiger partial charge in [-0.15, -0.1) is 0 Å². The van der Waals surface area contributed by atoms with Crippen molar-refractivity contribution in [2.24, 2.45) is 5.92 Å². The van der Waals surface area contributed by atoms with Gasteiger partial charge in [-0.3, -0.25) is 4.90 Å². The maximum Gasteiger partial charge on any atom is 0.123 e. The predicted molar refractivity (Wildman–Crippen MR) is 131 cm³/mol. The Labute approximate surface area is 192 Å². The highest BCUT2D eigenvalue weighted by Gasteiger charge is 2.46. The molecule has 3 fully saturated rings. The van der Waals surface area contributed by atoms with Gasteiger partial charge in [-0.1, -0.05) is 78.4 Å². The minimum absolute atomic E-state index is 0.359. The van der Waals surface area contributed by atoms with Crippen LogP contribution >= 0.6 is 0 Å². The fourth-order valence-corrected chi connectivity index (χ4v) is 5.97. The van der Waals surface area contributed by atoms with Gasteiger partial charge in [0.15, 0.2) is 0 Å². The number of rotatable bonds is 7. The summed E-state index contributed by atoms with van der Waals surface area (Å²) in [6.07, 6.45) is 2.57. The summed E-state index contributed by atoms with van der Waals surface area (Å²) in [7, 11) is 1.77. The van der Waals surface area contributed by atoms with Crippen LogP contribution in [-0.2, 0) is 6.54 Å². The lowest BCUT2D eigenvalue weighted by Crippen LogP contribution is -2.64. The Kier molecular flexibility index (Phi) is 6.29. The highest BCUT2D eigenvalue weighted by Crippen LogP contribution is 2.42. The third-order valence-corrected chi connectivity index (χ3v) is 7.49. The molecule has 3 saturated heterocycles. The topological polar surface area (TPSA) is 24.5 Å². The van der Waals surface area contributed by atoms with E-state index >= 15 is 0 Å². The normalized spacial score (nSPS) is 24.6.